The summed E-state index contributed by atoms with van der Waals surface area (Å²) in [4.78, 5) is 1.44. The number of nitrogens with one attached hydrogen (secondary N) is 1. The Morgan fingerprint density at radius 3 is 2.90 bits per heavy atom. The van der Waals surface area contributed by atoms with Crippen LogP contribution in [0.15, 0.2) is 24.3 Å². The minimum Gasteiger partial charge on any atom is -0.303 e. The van der Waals surface area contributed by atoms with Gasteiger partial charge < -0.3 is 5.32 Å². The molecule has 0 saturated carbocycles. The normalized spacial score (nSPS) is 19.3. The summed E-state index contributed by atoms with van der Waals surface area (Å²) in [6, 6.07) is 6.14. The Morgan fingerprint density at radius 1 is 1.33 bits per heavy atom. The molecule has 1 heterocycles. The lowest BCUT2D eigenvalue weighted by molar-refractivity contribution is 0.409. The molecule has 1 aromatic heterocycles. The van der Waals surface area contributed by atoms with E-state index in [2.05, 4.69) is 34.0 Å². The molecule has 1 N–H and O–H groups in total. The zero-order valence-corrected chi connectivity index (χ0v) is 14.6. The van der Waals surface area contributed by atoms with Gasteiger partial charge in [-0.1, -0.05) is 6.07 Å². The van der Waals surface area contributed by atoms with Gasteiger partial charge in [-0.2, -0.15) is 0 Å². The van der Waals surface area contributed by atoms with Gasteiger partial charge in [0.15, 0.2) is 0 Å². The Morgan fingerprint density at radius 2 is 2.14 bits per heavy atom. The molecule has 1 aliphatic carbocycles. The highest BCUT2D eigenvalue weighted by Crippen LogP contribution is 2.37. The van der Waals surface area contributed by atoms with E-state index < -0.39 is 11.6 Å². The first-order chi connectivity index (χ1) is 10.0. The Bertz CT molecular complexity index is 656. The van der Waals surface area contributed by atoms with Crippen molar-refractivity contribution in [3.63, 3.8) is 0 Å². The van der Waals surface area contributed by atoms with Crippen LogP contribution in [-0.2, 0) is 6.42 Å². The predicted octanol–water partition coefficient (Wildman–Crippen LogP) is 5.36. The second-order valence-corrected chi connectivity index (χ2v) is 8.46. The average molecular weight is 419 g/mol. The van der Waals surface area contributed by atoms with Gasteiger partial charge in [-0.15, -0.1) is 11.3 Å². The van der Waals surface area contributed by atoms with Crippen molar-refractivity contribution in [2.45, 2.75) is 38.3 Å². The largest absolute Gasteiger partial charge is 0.303 e. The van der Waals surface area contributed by atoms with Gasteiger partial charge in [0.1, 0.15) is 11.6 Å². The van der Waals surface area contributed by atoms with Crippen LogP contribution in [-0.4, -0.2) is 0 Å². The molecule has 2 unspecified atom stereocenters. The molecular weight excluding hydrogens is 403 g/mol. The first-order valence-corrected chi connectivity index (χ1v) is 8.93. The van der Waals surface area contributed by atoms with Gasteiger partial charge in [0.05, 0.1) is 2.88 Å². The van der Waals surface area contributed by atoms with E-state index in [4.69, 9.17) is 0 Å². The van der Waals surface area contributed by atoms with E-state index >= 15 is 0 Å². The third-order valence-electron chi connectivity index (χ3n) is 3.96. The Balaban J connectivity index is 1.80. The average Bonchev–Trinajstić information content (AvgIpc) is 2.80. The number of aryl methyl sites for hydroxylation is 1. The van der Waals surface area contributed by atoms with E-state index in [1.807, 2.05) is 18.3 Å². The summed E-state index contributed by atoms with van der Waals surface area (Å²) in [6.07, 6.45) is 3.35. The Hall–Kier alpha value is -0.530. The van der Waals surface area contributed by atoms with Gasteiger partial charge in [0, 0.05) is 28.6 Å². The van der Waals surface area contributed by atoms with Crippen molar-refractivity contribution in [2.75, 3.05) is 0 Å². The highest BCUT2D eigenvalue weighted by molar-refractivity contribution is 14.1. The number of fused-ring (bicyclic) bond motifs is 1. The predicted molar refractivity (Wildman–Crippen MR) is 90.6 cm³/mol. The molecule has 2 aromatic rings. The van der Waals surface area contributed by atoms with Crippen LogP contribution < -0.4 is 5.32 Å². The molecule has 0 aliphatic heterocycles. The van der Waals surface area contributed by atoms with Crippen LogP contribution in [0.5, 0.6) is 0 Å². The van der Waals surface area contributed by atoms with Crippen molar-refractivity contribution in [2.24, 2.45) is 0 Å². The van der Waals surface area contributed by atoms with Crippen molar-refractivity contribution in [1.82, 2.24) is 5.32 Å². The van der Waals surface area contributed by atoms with Crippen LogP contribution in [0.25, 0.3) is 0 Å². The fraction of sp³-hybridized carbons (Fsp3) is 0.375. The molecule has 21 heavy (non-hydrogen) atoms. The number of hydrogen-bond donors (Lipinski definition) is 1. The summed E-state index contributed by atoms with van der Waals surface area (Å²) < 4.78 is 28.2. The molecule has 0 saturated heterocycles. The first kappa shape index (κ1) is 15.4. The summed E-state index contributed by atoms with van der Waals surface area (Å²) in [5.74, 6) is -1.01. The number of rotatable bonds is 3. The molecule has 0 fully saturated rings. The van der Waals surface area contributed by atoms with Crippen LogP contribution in [0.4, 0.5) is 8.78 Å². The maximum atomic E-state index is 13.9. The quantitative estimate of drug-likeness (QED) is 0.661. The number of benzene rings is 1. The first-order valence-electron chi connectivity index (χ1n) is 7.03. The standard InChI is InChI=1S/C16H16F2INS/c1-9(11-6-5-10(17)7-13(11)18)20-14-3-2-4-15-12(14)8-16(19)21-15/h5-9,14,20H,2-4H2,1H3. The molecule has 0 amide bonds. The molecule has 0 spiro atoms. The van der Waals surface area contributed by atoms with Gasteiger partial charge in [-0.25, -0.2) is 8.78 Å². The van der Waals surface area contributed by atoms with Crippen molar-refractivity contribution in [3.8, 4) is 0 Å². The van der Waals surface area contributed by atoms with Crippen molar-refractivity contribution < 1.29 is 8.78 Å². The fourth-order valence-electron chi connectivity index (χ4n) is 2.94. The van der Waals surface area contributed by atoms with Crippen LogP contribution in [0, 0.1) is 14.5 Å². The molecule has 1 aliphatic rings. The minimum absolute atomic E-state index is 0.140. The van der Waals surface area contributed by atoms with Gasteiger partial charge >= 0.3 is 0 Å². The number of hydrogen-bond acceptors (Lipinski definition) is 2. The SMILES string of the molecule is CC(NC1CCCc2sc(I)cc21)c1ccc(F)cc1F. The smallest absolute Gasteiger partial charge is 0.130 e. The van der Waals surface area contributed by atoms with E-state index in [1.165, 1.54) is 25.5 Å². The van der Waals surface area contributed by atoms with Crippen LogP contribution in [0.2, 0.25) is 0 Å². The Kier molecular flexibility index (Phi) is 4.61. The second kappa shape index (κ2) is 6.30. The topological polar surface area (TPSA) is 12.0 Å². The van der Waals surface area contributed by atoms with Crippen molar-refractivity contribution in [1.29, 1.82) is 0 Å². The van der Waals surface area contributed by atoms with Gasteiger partial charge in [0.2, 0.25) is 0 Å². The highest BCUT2D eigenvalue weighted by atomic mass is 127. The third kappa shape index (κ3) is 3.29. The van der Waals surface area contributed by atoms with E-state index in [0.717, 1.165) is 25.3 Å². The highest BCUT2D eigenvalue weighted by Gasteiger charge is 2.24. The number of halogens is 3. The van der Waals surface area contributed by atoms with E-state index in [0.29, 0.717) is 5.56 Å². The van der Waals surface area contributed by atoms with Crippen LogP contribution in [0.3, 0.4) is 0 Å². The summed E-state index contributed by atoms with van der Waals surface area (Å²) in [5, 5.41) is 3.51. The molecule has 0 radical (unpaired) electrons. The summed E-state index contributed by atoms with van der Waals surface area (Å²) >= 11 is 4.20. The van der Waals surface area contributed by atoms with Gasteiger partial charge in [-0.3, -0.25) is 0 Å². The molecule has 112 valence electrons. The van der Waals surface area contributed by atoms with Crippen molar-refractivity contribution in [3.05, 3.63) is 54.8 Å². The summed E-state index contributed by atoms with van der Waals surface area (Å²) in [5.41, 5.74) is 1.87. The zero-order valence-electron chi connectivity index (χ0n) is 11.6. The van der Waals surface area contributed by atoms with Crippen LogP contribution >= 0.6 is 33.9 Å². The maximum Gasteiger partial charge on any atom is 0.130 e. The molecular formula is C16H16F2INS. The molecule has 2 atom stereocenters. The maximum absolute atomic E-state index is 13.9. The van der Waals surface area contributed by atoms with E-state index in [9.17, 15) is 8.78 Å². The fourth-order valence-corrected chi connectivity index (χ4v) is 5.06. The number of thiophene rings is 1. The lowest BCUT2D eigenvalue weighted by Crippen LogP contribution is -2.27. The summed E-state index contributed by atoms with van der Waals surface area (Å²) in [6.45, 7) is 1.93. The second-order valence-electron chi connectivity index (χ2n) is 5.43. The minimum atomic E-state index is -0.532. The molecule has 3 rings (SSSR count). The van der Waals surface area contributed by atoms with E-state index in [-0.39, 0.29) is 12.1 Å². The van der Waals surface area contributed by atoms with Gasteiger partial charge in [0.25, 0.3) is 0 Å². The molecule has 1 aromatic carbocycles. The van der Waals surface area contributed by atoms with Crippen LogP contribution in [0.1, 0.15) is 47.9 Å². The van der Waals surface area contributed by atoms with E-state index in [1.54, 1.807) is 0 Å². The monoisotopic (exact) mass is 419 g/mol. The van der Waals surface area contributed by atoms with Gasteiger partial charge in [-0.05, 0) is 66.5 Å². The zero-order chi connectivity index (χ0) is 15.0. The Labute approximate surface area is 140 Å². The third-order valence-corrected chi connectivity index (χ3v) is 5.93. The lowest BCUT2D eigenvalue weighted by Gasteiger charge is -2.27. The molecule has 5 heteroatoms. The summed E-state index contributed by atoms with van der Waals surface area (Å²) in [7, 11) is 0. The molecule has 1 nitrogen and oxygen atoms in total. The molecule has 0 bridgehead atoms. The lowest BCUT2D eigenvalue weighted by atomic mass is 9.93. The van der Waals surface area contributed by atoms with Crippen molar-refractivity contribution >= 4 is 33.9 Å².